The van der Waals surface area contributed by atoms with E-state index >= 15 is 0 Å². The lowest BCUT2D eigenvalue weighted by atomic mass is 10.0. The first-order valence-electron chi connectivity index (χ1n) is 28.3. The van der Waals surface area contributed by atoms with Crippen molar-refractivity contribution in [1.29, 1.82) is 0 Å². The molecule has 0 radical (unpaired) electrons. The topological polar surface area (TPSA) is 193 Å². The summed E-state index contributed by atoms with van der Waals surface area (Å²) in [6, 6.07) is 14.8. The van der Waals surface area contributed by atoms with Crippen LogP contribution in [0.5, 0.6) is 17.2 Å². The Bertz CT molecular complexity index is 4430. The Labute approximate surface area is 496 Å². The Morgan fingerprint density at radius 1 is 0.437 bits per heavy atom. The van der Waals surface area contributed by atoms with Gasteiger partial charge in [-0.15, -0.1) is 0 Å². The van der Waals surface area contributed by atoms with E-state index in [9.17, 15) is 17.6 Å². The summed E-state index contributed by atoms with van der Waals surface area (Å²) in [7, 11) is 0. The second-order valence-electron chi connectivity index (χ2n) is 21.4. The summed E-state index contributed by atoms with van der Waals surface area (Å²) in [6.45, 7) is 12.4. The van der Waals surface area contributed by atoms with Gasteiger partial charge in [0.05, 0.1) is 43.1 Å². The van der Waals surface area contributed by atoms with Gasteiger partial charge in [-0.2, -0.15) is 0 Å². The number of benzene rings is 3. The molecule has 9 aromatic heterocycles. The van der Waals surface area contributed by atoms with Crippen LogP contribution < -0.4 is 30.2 Å². The van der Waals surface area contributed by atoms with Crippen molar-refractivity contribution >= 4 is 34.8 Å². The molecule has 0 spiro atoms. The van der Waals surface area contributed by atoms with E-state index in [0.717, 1.165) is 115 Å². The van der Waals surface area contributed by atoms with Gasteiger partial charge in [0.2, 0.25) is 17.8 Å². The van der Waals surface area contributed by atoms with Crippen LogP contribution >= 0.6 is 0 Å². The average Bonchev–Trinajstić information content (AvgIpc) is 2.11. The van der Waals surface area contributed by atoms with E-state index in [1.807, 2.05) is 86.7 Å². The molecule has 15 rings (SSSR count). The fourth-order valence-corrected chi connectivity index (χ4v) is 11.3. The fourth-order valence-electron chi connectivity index (χ4n) is 11.3. The number of hydrogen-bond donors (Lipinski definition) is 3. The molecule has 0 unspecified atom stereocenters. The van der Waals surface area contributed by atoms with Gasteiger partial charge in [0.25, 0.3) is 0 Å². The first-order valence-corrected chi connectivity index (χ1v) is 28.3. The van der Waals surface area contributed by atoms with E-state index in [2.05, 4.69) is 66.9 Å². The molecular weight excluding hydrogens is 1110 g/mol. The molecule has 0 atom stereocenters. The number of imidazole rings is 3. The number of nitrogens with zero attached hydrogens (tertiary/aromatic N) is 12. The molecule has 3 aliphatic heterocycles. The number of rotatable bonds is 12. The van der Waals surface area contributed by atoms with Crippen molar-refractivity contribution in [2.24, 2.45) is 0 Å². The normalized spacial score (nSPS) is 12.8. The zero-order chi connectivity index (χ0) is 59.9. The third kappa shape index (κ3) is 11.1. The van der Waals surface area contributed by atoms with Gasteiger partial charge in [-0.1, -0.05) is 0 Å². The van der Waals surface area contributed by atoms with E-state index in [4.69, 9.17) is 14.2 Å². The van der Waals surface area contributed by atoms with Crippen molar-refractivity contribution in [3.05, 3.63) is 214 Å². The first kappa shape index (κ1) is 55.7. The van der Waals surface area contributed by atoms with E-state index < -0.39 is 5.82 Å². The quantitative estimate of drug-likeness (QED) is 0.0978. The molecule has 0 amide bonds. The third-order valence-electron chi connectivity index (χ3n) is 15.5. The lowest BCUT2D eigenvalue weighted by Gasteiger charge is -2.13. The van der Waals surface area contributed by atoms with E-state index in [-0.39, 0.29) is 24.0 Å². The van der Waals surface area contributed by atoms with E-state index in [0.29, 0.717) is 90.6 Å². The molecule has 12 heterocycles. The van der Waals surface area contributed by atoms with E-state index in [1.54, 1.807) is 53.6 Å². The van der Waals surface area contributed by atoms with Crippen LogP contribution in [0.15, 0.2) is 129 Å². The molecule has 3 aliphatic rings. The van der Waals surface area contributed by atoms with Crippen molar-refractivity contribution in [1.82, 2.24) is 58.1 Å². The molecule has 3 N–H and O–H groups in total. The van der Waals surface area contributed by atoms with Crippen LogP contribution in [-0.4, -0.2) is 77.9 Å². The van der Waals surface area contributed by atoms with Gasteiger partial charge < -0.3 is 30.2 Å². The van der Waals surface area contributed by atoms with Gasteiger partial charge in [0.1, 0.15) is 57.5 Å². The molecule has 0 bridgehead atoms. The zero-order valence-corrected chi connectivity index (χ0v) is 48.1. The first-order chi connectivity index (χ1) is 42.3. The van der Waals surface area contributed by atoms with Crippen LogP contribution in [0.1, 0.15) is 61.6 Å². The monoisotopic (exact) mass is 1170 g/mol. The van der Waals surface area contributed by atoms with Crippen LogP contribution in [0.4, 0.5) is 35.4 Å². The minimum absolute atomic E-state index is 0.234. The highest BCUT2D eigenvalue weighted by atomic mass is 19.1. The van der Waals surface area contributed by atoms with Crippen molar-refractivity contribution in [2.45, 2.75) is 73.5 Å². The molecule has 0 fully saturated rings. The minimum Gasteiger partial charge on any atom is -0.493 e. The van der Waals surface area contributed by atoms with Crippen molar-refractivity contribution in [2.75, 3.05) is 35.8 Å². The van der Waals surface area contributed by atoms with Gasteiger partial charge in [-0.25, -0.2) is 47.5 Å². The standard InChI is InChI=1S/2C22H20FN5O.C21H17F2N5O/c1-13-5-7-24-9-16(13)18-11-26-22(28-12-14(2)27-21(18)28)25-10-17-15-6-8-29-20(15)4-3-19(17)23;1-13-7-15(9-24-8-13)17-10-25-22(28-12-14(2)27-21(17)28)26-11-18-16-5-6-29-20(16)4-3-19(18)23;1-12-11-28-20(27-12)16(13-6-14(22)8-24-7-13)9-25-21(28)26-10-17-15-4-5-29-19(15)3-2-18(17)23/h3-5,7,9,11-12H,6,8,10H2,1-2H3,(H,25,26);3-4,7-10,12H,5-6,11H2,1-2H3,(H,25,26);2-3,6-9,11H,4-5,10H2,1H3,(H,25,26). The second kappa shape index (κ2) is 23.5. The highest BCUT2D eigenvalue weighted by Crippen LogP contribution is 2.36. The summed E-state index contributed by atoms with van der Waals surface area (Å²) in [6.07, 6.45) is 22.9. The Balaban J connectivity index is 0.000000121. The predicted octanol–water partition coefficient (Wildman–Crippen LogP) is 12.1. The molecule has 22 heteroatoms. The number of halogens is 4. The molecule has 3 aromatic carbocycles. The van der Waals surface area contributed by atoms with Gasteiger partial charge in [0.15, 0.2) is 0 Å². The summed E-state index contributed by atoms with van der Waals surface area (Å²) in [5.41, 5.74) is 16.5. The maximum atomic E-state index is 14.5. The highest BCUT2D eigenvalue weighted by Gasteiger charge is 2.24. The van der Waals surface area contributed by atoms with Crippen LogP contribution in [-0.2, 0) is 38.9 Å². The van der Waals surface area contributed by atoms with Gasteiger partial charge in [-0.3, -0.25) is 28.2 Å². The minimum atomic E-state index is -0.429. The summed E-state index contributed by atoms with van der Waals surface area (Å²) in [5.74, 6) is 2.83. The van der Waals surface area contributed by atoms with Crippen LogP contribution in [0.3, 0.4) is 0 Å². The lowest BCUT2D eigenvalue weighted by Crippen LogP contribution is -2.09. The van der Waals surface area contributed by atoms with Crippen LogP contribution in [0.25, 0.3) is 50.3 Å². The lowest BCUT2D eigenvalue weighted by molar-refractivity contribution is 0.356. The van der Waals surface area contributed by atoms with Crippen LogP contribution in [0, 0.1) is 57.9 Å². The molecule has 0 aliphatic carbocycles. The van der Waals surface area contributed by atoms with E-state index in [1.165, 1.54) is 24.3 Å². The number of aryl methyl sites for hydroxylation is 5. The molecule has 87 heavy (non-hydrogen) atoms. The summed E-state index contributed by atoms with van der Waals surface area (Å²) >= 11 is 0. The SMILES string of the molecule is Cc1cn2c(NCc3c(F)ccc4c3CCO4)ncc(-c3cncc(F)c3)c2n1.Cc1cn2c(NCc3c(F)ccc4c3CCO4)ncc(-c3cnccc3C)c2n1.Cc1cncc(-c2cnc(NCc3c(F)ccc4c3CCO4)n3cc(C)nc23)c1. The Hall–Kier alpha value is -10.5. The summed E-state index contributed by atoms with van der Waals surface area (Å²) < 4.78 is 79.2. The largest absolute Gasteiger partial charge is 0.493 e. The Morgan fingerprint density at radius 3 is 1.28 bits per heavy atom. The molecule has 0 saturated carbocycles. The Kier molecular flexibility index (Phi) is 15.0. The van der Waals surface area contributed by atoms with Gasteiger partial charge >= 0.3 is 0 Å². The zero-order valence-electron chi connectivity index (χ0n) is 48.1. The molecule has 18 nitrogen and oxygen atoms in total. The fraction of sp³-hybridized carbons (Fsp3) is 0.215. The number of aromatic nitrogens is 12. The number of nitrogens with one attached hydrogen (secondary N) is 3. The van der Waals surface area contributed by atoms with Gasteiger partial charge in [-0.05, 0) is 100 Å². The summed E-state index contributed by atoms with van der Waals surface area (Å²) in [5, 5.41) is 9.76. The number of fused-ring (bicyclic) bond motifs is 6. The van der Waals surface area contributed by atoms with Crippen molar-refractivity contribution in [3.63, 3.8) is 0 Å². The maximum absolute atomic E-state index is 14.5. The molecule has 438 valence electrons. The van der Waals surface area contributed by atoms with Gasteiger partial charge in [0, 0.05) is 174 Å². The predicted molar refractivity (Wildman–Crippen MR) is 321 cm³/mol. The number of ether oxygens (including phenoxy) is 3. The highest BCUT2D eigenvalue weighted by molar-refractivity contribution is 5.81. The Morgan fingerprint density at radius 2 is 0.851 bits per heavy atom. The average molecular weight is 1170 g/mol. The van der Waals surface area contributed by atoms with Crippen molar-refractivity contribution in [3.8, 4) is 50.6 Å². The third-order valence-corrected chi connectivity index (χ3v) is 15.5. The number of anilines is 3. The molecular formula is C65H57F4N15O3. The smallest absolute Gasteiger partial charge is 0.208 e. The maximum Gasteiger partial charge on any atom is 0.208 e. The number of pyridine rings is 3. The summed E-state index contributed by atoms with van der Waals surface area (Å²) in [4.78, 5) is 40.0. The van der Waals surface area contributed by atoms with Crippen LogP contribution in [0.2, 0.25) is 0 Å². The number of hydrogen-bond acceptors (Lipinski definition) is 15. The van der Waals surface area contributed by atoms with Crippen molar-refractivity contribution < 1.29 is 31.8 Å². The molecule has 12 aromatic rings. The second-order valence-corrected chi connectivity index (χ2v) is 21.4. The molecule has 0 saturated heterocycles.